The van der Waals surface area contributed by atoms with E-state index >= 15 is 0 Å². The third kappa shape index (κ3) is 2.22. The maximum atomic E-state index is 3.98. The lowest BCUT2D eigenvalue weighted by Gasteiger charge is -2.00. The summed E-state index contributed by atoms with van der Waals surface area (Å²) >= 11 is 1.62. The Labute approximate surface area is 79.7 Å². The number of nitrogens with one attached hydrogen (secondary N) is 1. The Morgan fingerprint density at radius 3 is 3.15 bits per heavy atom. The van der Waals surface area contributed by atoms with Crippen molar-refractivity contribution in [3.8, 4) is 0 Å². The predicted molar refractivity (Wildman–Crippen MR) is 51.5 cm³/mol. The number of hydrogen-bond donors (Lipinski definition) is 1. The van der Waals surface area contributed by atoms with Crippen LogP contribution in [0.5, 0.6) is 0 Å². The van der Waals surface area contributed by atoms with E-state index in [1.807, 2.05) is 23.8 Å². The molecule has 0 aromatic carbocycles. The second kappa shape index (κ2) is 3.95. The normalized spacial score (nSPS) is 9.85. The van der Waals surface area contributed by atoms with Gasteiger partial charge in [0.1, 0.15) is 5.82 Å². The standard InChI is InChI=1S/C8H8N4S/c1-2-8(12-11-3-1)10-5-7-4-9-6-13-7/h1-4,6H,5H2,(H,10,12). The van der Waals surface area contributed by atoms with Crippen molar-refractivity contribution in [2.24, 2.45) is 0 Å². The van der Waals surface area contributed by atoms with Crippen LogP contribution >= 0.6 is 11.3 Å². The highest BCUT2D eigenvalue weighted by Gasteiger charge is 1.94. The molecule has 2 heterocycles. The monoisotopic (exact) mass is 192 g/mol. The first-order valence-corrected chi connectivity index (χ1v) is 4.72. The number of hydrogen-bond acceptors (Lipinski definition) is 5. The van der Waals surface area contributed by atoms with Crippen LogP contribution in [0.3, 0.4) is 0 Å². The number of aromatic nitrogens is 3. The Bertz CT molecular complexity index is 346. The fourth-order valence-corrected chi connectivity index (χ4v) is 1.44. The fraction of sp³-hybridized carbons (Fsp3) is 0.125. The molecule has 0 aliphatic carbocycles. The number of rotatable bonds is 3. The van der Waals surface area contributed by atoms with Crippen LogP contribution < -0.4 is 5.32 Å². The molecule has 0 radical (unpaired) electrons. The van der Waals surface area contributed by atoms with Crippen LogP contribution in [0.1, 0.15) is 4.88 Å². The van der Waals surface area contributed by atoms with Crippen LogP contribution in [0.15, 0.2) is 30.0 Å². The van der Waals surface area contributed by atoms with E-state index in [0.717, 1.165) is 12.4 Å². The summed E-state index contributed by atoms with van der Waals surface area (Å²) in [5, 5.41) is 10.8. The van der Waals surface area contributed by atoms with Gasteiger partial charge in [0.05, 0.1) is 12.1 Å². The Kier molecular flexibility index (Phi) is 2.47. The van der Waals surface area contributed by atoms with Gasteiger partial charge in [0.25, 0.3) is 0 Å². The number of thiazole rings is 1. The molecule has 0 aliphatic rings. The van der Waals surface area contributed by atoms with Crippen molar-refractivity contribution in [2.45, 2.75) is 6.54 Å². The van der Waals surface area contributed by atoms with Crippen molar-refractivity contribution in [1.82, 2.24) is 15.2 Å². The summed E-state index contributed by atoms with van der Waals surface area (Å²) in [4.78, 5) is 5.16. The summed E-state index contributed by atoms with van der Waals surface area (Å²) in [5.41, 5.74) is 1.81. The molecule has 0 unspecified atom stereocenters. The van der Waals surface area contributed by atoms with E-state index in [1.54, 1.807) is 17.5 Å². The van der Waals surface area contributed by atoms with Crippen LogP contribution in [0.25, 0.3) is 0 Å². The smallest absolute Gasteiger partial charge is 0.148 e. The zero-order valence-electron chi connectivity index (χ0n) is 6.84. The Morgan fingerprint density at radius 1 is 1.46 bits per heavy atom. The summed E-state index contributed by atoms with van der Waals surface area (Å²) < 4.78 is 0. The Morgan fingerprint density at radius 2 is 2.46 bits per heavy atom. The Hall–Kier alpha value is -1.49. The van der Waals surface area contributed by atoms with Crippen molar-refractivity contribution in [3.63, 3.8) is 0 Å². The van der Waals surface area contributed by atoms with Crippen LogP contribution in [0.2, 0.25) is 0 Å². The van der Waals surface area contributed by atoms with Gasteiger partial charge in [-0.3, -0.25) is 4.98 Å². The van der Waals surface area contributed by atoms with E-state index in [4.69, 9.17) is 0 Å². The lowest BCUT2D eigenvalue weighted by Crippen LogP contribution is -1.99. The van der Waals surface area contributed by atoms with Crippen LogP contribution in [-0.2, 0) is 6.54 Å². The van der Waals surface area contributed by atoms with E-state index in [2.05, 4.69) is 20.5 Å². The molecule has 0 saturated carbocycles. The van der Waals surface area contributed by atoms with Crippen LogP contribution in [0.4, 0.5) is 5.82 Å². The molecule has 1 N–H and O–H groups in total. The maximum Gasteiger partial charge on any atom is 0.148 e. The van der Waals surface area contributed by atoms with E-state index in [1.165, 1.54) is 4.88 Å². The van der Waals surface area contributed by atoms with Gasteiger partial charge < -0.3 is 5.32 Å². The SMILES string of the molecule is c1cnnc(NCc2cncs2)c1. The molecule has 0 bridgehead atoms. The van der Waals surface area contributed by atoms with Crippen molar-refractivity contribution >= 4 is 17.2 Å². The molecule has 0 spiro atoms. The van der Waals surface area contributed by atoms with Gasteiger partial charge in [-0.15, -0.1) is 16.4 Å². The molecular formula is C8H8N4S. The molecule has 2 rings (SSSR count). The van der Waals surface area contributed by atoms with Crippen molar-refractivity contribution in [3.05, 3.63) is 34.9 Å². The largest absolute Gasteiger partial charge is 0.364 e. The van der Waals surface area contributed by atoms with Gasteiger partial charge in [-0.1, -0.05) is 0 Å². The van der Waals surface area contributed by atoms with Gasteiger partial charge in [-0.05, 0) is 12.1 Å². The summed E-state index contributed by atoms with van der Waals surface area (Å²) in [6, 6.07) is 3.73. The minimum Gasteiger partial charge on any atom is -0.364 e. The van der Waals surface area contributed by atoms with Crippen molar-refractivity contribution in [2.75, 3.05) is 5.32 Å². The van der Waals surface area contributed by atoms with Crippen LogP contribution in [0, 0.1) is 0 Å². The van der Waals surface area contributed by atoms with E-state index < -0.39 is 0 Å². The topological polar surface area (TPSA) is 50.7 Å². The van der Waals surface area contributed by atoms with Gasteiger partial charge in [-0.2, -0.15) is 5.10 Å². The average Bonchev–Trinajstić information content (AvgIpc) is 2.69. The average molecular weight is 192 g/mol. The summed E-state index contributed by atoms with van der Waals surface area (Å²) in [5.74, 6) is 0.788. The molecule has 0 fully saturated rings. The molecule has 66 valence electrons. The van der Waals surface area contributed by atoms with Gasteiger partial charge in [0.15, 0.2) is 0 Å². The first kappa shape index (κ1) is 8.12. The highest BCUT2D eigenvalue weighted by Crippen LogP contribution is 2.07. The number of anilines is 1. The summed E-state index contributed by atoms with van der Waals surface area (Å²) in [7, 11) is 0. The van der Waals surface area contributed by atoms with Crippen LogP contribution in [-0.4, -0.2) is 15.2 Å². The molecule has 4 nitrogen and oxygen atoms in total. The Balaban J connectivity index is 1.94. The minimum absolute atomic E-state index is 0.753. The zero-order chi connectivity index (χ0) is 8.93. The predicted octanol–water partition coefficient (Wildman–Crippen LogP) is 1.55. The van der Waals surface area contributed by atoms with E-state index in [9.17, 15) is 0 Å². The highest BCUT2D eigenvalue weighted by atomic mass is 32.1. The van der Waals surface area contributed by atoms with Gasteiger partial charge in [0.2, 0.25) is 0 Å². The molecule has 5 heteroatoms. The van der Waals surface area contributed by atoms with Gasteiger partial charge in [0, 0.05) is 17.3 Å². The quantitative estimate of drug-likeness (QED) is 0.801. The fourth-order valence-electron chi connectivity index (χ4n) is 0.903. The number of nitrogens with zero attached hydrogens (tertiary/aromatic N) is 3. The lowest BCUT2D eigenvalue weighted by atomic mass is 10.5. The molecule has 0 amide bonds. The summed E-state index contributed by atoms with van der Waals surface area (Å²) in [6.07, 6.45) is 3.49. The first-order valence-electron chi connectivity index (χ1n) is 3.84. The highest BCUT2D eigenvalue weighted by molar-refractivity contribution is 7.09. The van der Waals surface area contributed by atoms with Gasteiger partial charge in [-0.25, -0.2) is 0 Å². The lowest BCUT2D eigenvalue weighted by molar-refractivity contribution is 1.00. The second-order valence-corrected chi connectivity index (χ2v) is 3.40. The minimum atomic E-state index is 0.753. The molecule has 0 aliphatic heterocycles. The van der Waals surface area contributed by atoms with E-state index in [-0.39, 0.29) is 0 Å². The van der Waals surface area contributed by atoms with Gasteiger partial charge >= 0.3 is 0 Å². The van der Waals surface area contributed by atoms with Crippen molar-refractivity contribution in [1.29, 1.82) is 0 Å². The molecule has 2 aromatic rings. The third-order valence-corrected chi connectivity index (χ3v) is 2.28. The molecule has 0 saturated heterocycles. The third-order valence-electron chi connectivity index (χ3n) is 1.50. The maximum absolute atomic E-state index is 3.98. The van der Waals surface area contributed by atoms with E-state index in [0.29, 0.717) is 0 Å². The second-order valence-electron chi connectivity index (χ2n) is 2.43. The molecule has 2 aromatic heterocycles. The molecule has 13 heavy (non-hydrogen) atoms. The zero-order valence-corrected chi connectivity index (χ0v) is 7.66. The summed E-state index contributed by atoms with van der Waals surface area (Å²) in [6.45, 7) is 0.753. The first-order chi connectivity index (χ1) is 6.45. The molecular weight excluding hydrogens is 184 g/mol. The van der Waals surface area contributed by atoms with Crippen molar-refractivity contribution < 1.29 is 0 Å². The molecule has 0 atom stereocenters.